The molecule has 0 aliphatic heterocycles. The van der Waals surface area contributed by atoms with E-state index in [-0.39, 0.29) is 23.6 Å². The van der Waals surface area contributed by atoms with E-state index in [0.29, 0.717) is 28.4 Å². The van der Waals surface area contributed by atoms with E-state index in [9.17, 15) is 4.79 Å². The molecule has 0 spiro atoms. The molecule has 3 rings (SSSR count). The molecular formula is C19H25N7OS. The summed E-state index contributed by atoms with van der Waals surface area (Å²) in [6.45, 7) is 10.1. The third-order valence-corrected chi connectivity index (χ3v) is 4.72. The fraction of sp³-hybridized carbons (Fsp3) is 0.421. The summed E-state index contributed by atoms with van der Waals surface area (Å²) in [7, 11) is 0. The van der Waals surface area contributed by atoms with Crippen LogP contribution in [-0.2, 0) is 0 Å². The van der Waals surface area contributed by atoms with Gasteiger partial charge in [-0.3, -0.25) is 4.79 Å². The van der Waals surface area contributed by atoms with Gasteiger partial charge in [-0.15, -0.1) is 10.2 Å². The number of thioether (sulfide) groups is 1. The van der Waals surface area contributed by atoms with Crippen LogP contribution in [0.4, 0.5) is 11.9 Å². The molecule has 0 fully saturated rings. The van der Waals surface area contributed by atoms with E-state index in [4.69, 9.17) is 0 Å². The van der Waals surface area contributed by atoms with Crippen molar-refractivity contribution in [2.75, 3.05) is 16.4 Å². The van der Waals surface area contributed by atoms with Crippen LogP contribution in [0.15, 0.2) is 29.4 Å². The van der Waals surface area contributed by atoms with Crippen LogP contribution < -0.4 is 10.6 Å². The number of aromatic nitrogens is 5. The van der Waals surface area contributed by atoms with E-state index >= 15 is 0 Å². The topological polar surface area (TPSA) is 97.1 Å². The highest BCUT2D eigenvalue weighted by Crippen LogP contribution is 2.22. The molecule has 28 heavy (non-hydrogen) atoms. The minimum Gasteiger partial charge on any atom is -0.353 e. The van der Waals surface area contributed by atoms with Gasteiger partial charge in [-0.05, 0) is 34.6 Å². The minimum absolute atomic E-state index is 0.0409. The lowest BCUT2D eigenvalue weighted by molar-refractivity contribution is 0.102. The van der Waals surface area contributed by atoms with Crippen molar-refractivity contribution in [3.8, 4) is 0 Å². The first kappa shape index (κ1) is 20.1. The monoisotopic (exact) mass is 399 g/mol. The summed E-state index contributed by atoms with van der Waals surface area (Å²) in [5, 5.41) is 15.5. The number of aryl methyl sites for hydroxylation is 1. The zero-order valence-electron chi connectivity index (χ0n) is 16.7. The van der Waals surface area contributed by atoms with Gasteiger partial charge in [0, 0.05) is 17.6 Å². The number of carbonyl (C=O) groups excluding carboxylic acids is 1. The molecule has 0 aliphatic rings. The molecule has 2 N–H and O–H groups in total. The molecule has 0 bridgehead atoms. The van der Waals surface area contributed by atoms with Crippen LogP contribution in [0.5, 0.6) is 0 Å². The number of anilines is 2. The molecule has 0 atom stereocenters. The predicted octanol–water partition coefficient (Wildman–Crippen LogP) is 3.44. The summed E-state index contributed by atoms with van der Waals surface area (Å²) >= 11 is 1.32. The van der Waals surface area contributed by atoms with Crippen molar-refractivity contribution in [2.45, 2.75) is 51.9 Å². The molecule has 0 saturated carbocycles. The summed E-state index contributed by atoms with van der Waals surface area (Å²) in [5.41, 5.74) is 1.81. The summed E-state index contributed by atoms with van der Waals surface area (Å²) in [6, 6.07) is 7.92. The molecule has 0 unspecified atom stereocenters. The van der Waals surface area contributed by atoms with Gasteiger partial charge in [0.15, 0.2) is 10.9 Å². The zero-order chi connectivity index (χ0) is 20.3. The molecule has 3 aromatic rings. The SMILES string of the molecule is Cc1ccc(C(=O)CSc2nnc3nc(NC(C)C)nc(NC(C)C)n23)cc1. The van der Waals surface area contributed by atoms with Crippen LogP contribution in [0.2, 0.25) is 0 Å². The lowest BCUT2D eigenvalue weighted by Crippen LogP contribution is -2.19. The Morgan fingerprint density at radius 3 is 2.36 bits per heavy atom. The van der Waals surface area contributed by atoms with Crippen LogP contribution in [-0.4, -0.2) is 48.2 Å². The summed E-state index contributed by atoms with van der Waals surface area (Å²) in [4.78, 5) is 21.5. The molecule has 0 saturated heterocycles. The number of Topliss-reactive ketones (excluding diaryl/α,β-unsaturated/α-hetero) is 1. The number of fused-ring (bicyclic) bond motifs is 1. The van der Waals surface area contributed by atoms with Crippen molar-refractivity contribution in [3.63, 3.8) is 0 Å². The van der Waals surface area contributed by atoms with Gasteiger partial charge in [0.1, 0.15) is 0 Å². The van der Waals surface area contributed by atoms with E-state index < -0.39 is 0 Å². The van der Waals surface area contributed by atoms with Gasteiger partial charge >= 0.3 is 0 Å². The van der Waals surface area contributed by atoms with Gasteiger partial charge in [0.25, 0.3) is 5.78 Å². The van der Waals surface area contributed by atoms with E-state index in [1.807, 2.05) is 58.9 Å². The summed E-state index contributed by atoms with van der Waals surface area (Å²) in [6.07, 6.45) is 0. The molecular weight excluding hydrogens is 374 g/mol. The number of ketones is 1. The highest BCUT2D eigenvalue weighted by molar-refractivity contribution is 7.99. The predicted molar refractivity (Wildman–Crippen MR) is 112 cm³/mol. The van der Waals surface area contributed by atoms with Crippen molar-refractivity contribution < 1.29 is 4.79 Å². The first-order valence-electron chi connectivity index (χ1n) is 9.22. The van der Waals surface area contributed by atoms with Crippen molar-refractivity contribution >= 4 is 35.2 Å². The Morgan fingerprint density at radius 1 is 1.04 bits per heavy atom. The van der Waals surface area contributed by atoms with E-state index in [2.05, 4.69) is 30.8 Å². The number of carbonyl (C=O) groups is 1. The van der Waals surface area contributed by atoms with Crippen molar-refractivity contribution in [3.05, 3.63) is 35.4 Å². The Hall–Kier alpha value is -2.68. The van der Waals surface area contributed by atoms with Crippen LogP contribution in [0, 0.1) is 6.92 Å². The summed E-state index contributed by atoms with van der Waals surface area (Å²) in [5.74, 6) is 1.83. The van der Waals surface area contributed by atoms with Gasteiger partial charge in [0.2, 0.25) is 11.9 Å². The van der Waals surface area contributed by atoms with Crippen LogP contribution in [0.1, 0.15) is 43.6 Å². The smallest absolute Gasteiger partial charge is 0.261 e. The average Bonchev–Trinajstić information content (AvgIpc) is 3.02. The standard InChI is InChI=1S/C19H25N7OS/c1-11(2)20-16-22-17(21-12(3)4)26-18(23-16)24-25-19(26)28-10-15(27)14-8-6-13(5)7-9-14/h6-9,11-12H,10H2,1-5H3,(H2,20,21,22,23,24). The Balaban J connectivity index is 1.86. The van der Waals surface area contributed by atoms with Crippen molar-refractivity contribution in [2.24, 2.45) is 0 Å². The number of benzene rings is 1. The Labute approximate surface area is 168 Å². The third kappa shape index (κ3) is 4.78. The highest BCUT2D eigenvalue weighted by atomic mass is 32.2. The fourth-order valence-corrected chi connectivity index (χ4v) is 3.34. The lowest BCUT2D eigenvalue weighted by Gasteiger charge is -2.14. The Bertz CT molecular complexity index is 966. The number of nitrogens with zero attached hydrogens (tertiary/aromatic N) is 5. The lowest BCUT2D eigenvalue weighted by atomic mass is 10.1. The molecule has 0 aliphatic carbocycles. The maximum atomic E-state index is 12.5. The Morgan fingerprint density at radius 2 is 1.71 bits per heavy atom. The van der Waals surface area contributed by atoms with Gasteiger partial charge < -0.3 is 10.6 Å². The first-order valence-corrected chi connectivity index (χ1v) is 10.2. The normalized spacial score (nSPS) is 11.4. The Kier molecular flexibility index (Phi) is 6.13. The molecule has 9 heteroatoms. The van der Waals surface area contributed by atoms with Gasteiger partial charge in [0.05, 0.1) is 5.75 Å². The average molecular weight is 400 g/mol. The number of rotatable bonds is 8. The van der Waals surface area contributed by atoms with Gasteiger partial charge in [-0.2, -0.15) is 9.97 Å². The van der Waals surface area contributed by atoms with Crippen molar-refractivity contribution in [1.82, 2.24) is 24.6 Å². The molecule has 8 nitrogen and oxygen atoms in total. The van der Waals surface area contributed by atoms with Crippen LogP contribution in [0.25, 0.3) is 5.78 Å². The fourth-order valence-electron chi connectivity index (χ4n) is 2.51. The first-order chi connectivity index (χ1) is 13.3. The van der Waals surface area contributed by atoms with Crippen LogP contribution >= 0.6 is 11.8 Å². The molecule has 148 valence electrons. The second kappa shape index (κ2) is 8.55. The molecule has 2 heterocycles. The van der Waals surface area contributed by atoms with E-state index in [0.717, 1.165) is 5.56 Å². The minimum atomic E-state index is 0.0409. The largest absolute Gasteiger partial charge is 0.353 e. The highest BCUT2D eigenvalue weighted by Gasteiger charge is 2.17. The van der Waals surface area contributed by atoms with Crippen molar-refractivity contribution in [1.29, 1.82) is 0 Å². The maximum Gasteiger partial charge on any atom is 0.261 e. The number of nitrogens with one attached hydrogen (secondary N) is 2. The molecule has 0 amide bonds. The van der Waals surface area contributed by atoms with Gasteiger partial charge in [-0.25, -0.2) is 4.40 Å². The van der Waals surface area contributed by atoms with E-state index in [1.165, 1.54) is 11.8 Å². The second-order valence-corrected chi connectivity index (χ2v) is 8.11. The summed E-state index contributed by atoms with van der Waals surface area (Å²) < 4.78 is 1.75. The second-order valence-electron chi connectivity index (χ2n) is 7.16. The maximum absolute atomic E-state index is 12.5. The molecule has 1 aromatic carbocycles. The molecule has 0 radical (unpaired) electrons. The quantitative estimate of drug-likeness (QED) is 0.439. The van der Waals surface area contributed by atoms with Gasteiger partial charge in [-0.1, -0.05) is 41.6 Å². The molecule has 2 aromatic heterocycles. The number of hydrogen-bond acceptors (Lipinski definition) is 8. The zero-order valence-corrected chi connectivity index (χ0v) is 17.5. The van der Waals surface area contributed by atoms with Crippen LogP contribution in [0.3, 0.4) is 0 Å². The van der Waals surface area contributed by atoms with E-state index in [1.54, 1.807) is 4.40 Å². The third-order valence-electron chi connectivity index (χ3n) is 3.79. The number of hydrogen-bond donors (Lipinski definition) is 2.